The number of hydrogen-bond acceptors (Lipinski definition) is 4. The molecule has 1 fully saturated rings. The van der Waals surface area contributed by atoms with Gasteiger partial charge in [0.2, 0.25) is 10.0 Å². The minimum absolute atomic E-state index is 0.271. The Morgan fingerprint density at radius 3 is 2.14 bits per heavy atom. The molecular formula is C21H23FN4O2S. The normalized spacial score (nSPS) is 15.6. The van der Waals surface area contributed by atoms with Crippen LogP contribution in [0.4, 0.5) is 10.2 Å². The van der Waals surface area contributed by atoms with E-state index in [-0.39, 0.29) is 5.82 Å². The fourth-order valence-corrected chi connectivity index (χ4v) is 4.71. The van der Waals surface area contributed by atoms with Crippen molar-refractivity contribution in [3.63, 3.8) is 0 Å². The number of pyridine rings is 1. The summed E-state index contributed by atoms with van der Waals surface area (Å²) in [7, 11) is -1.21. The summed E-state index contributed by atoms with van der Waals surface area (Å²) in [6.07, 6.45) is 6.80. The summed E-state index contributed by atoms with van der Waals surface area (Å²) in [5, 5.41) is 0. The minimum Gasteiger partial charge on any atom is -0.355 e. The number of rotatable bonds is 4. The molecule has 0 spiro atoms. The number of aromatic nitrogens is 2. The van der Waals surface area contributed by atoms with Crippen LogP contribution in [0.1, 0.15) is 0 Å². The average molecular weight is 415 g/mol. The molecule has 0 amide bonds. The molecule has 0 unspecified atom stereocenters. The van der Waals surface area contributed by atoms with Crippen molar-refractivity contribution < 1.29 is 12.8 Å². The standard InChI is InChI=1S/C21H23FN4O2S/c1-24-15-19(16-3-5-18(22)6-4-16)20(17-7-9-23-10-8-17)21(24)25-11-13-26(14-12-25)29(2,27)28/h3-10,15H,11-14H2,1-2H3. The van der Waals surface area contributed by atoms with E-state index in [4.69, 9.17) is 0 Å². The molecule has 0 N–H and O–H groups in total. The van der Waals surface area contributed by atoms with Crippen LogP contribution in [0.2, 0.25) is 0 Å². The second-order valence-electron chi connectivity index (χ2n) is 7.24. The van der Waals surface area contributed by atoms with Crippen LogP contribution in [0, 0.1) is 5.82 Å². The van der Waals surface area contributed by atoms with Crippen molar-refractivity contribution in [2.24, 2.45) is 7.05 Å². The molecule has 0 saturated carbocycles. The first kappa shape index (κ1) is 19.6. The first-order valence-corrected chi connectivity index (χ1v) is 11.2. The van der Waals surface area contributed by atoms with E-state index in [0.29, 0.717) is 26.2 Å². The van der Waals surface area contributed by atoms with Gasteiger partial charge in [-0.2, -0.15) is 4.31 Å². The van der Waals surface area contributed by atoms with Gasteiger partial charge in [-0.15, -0.1) is 0 Å². The molecule has 6 nitrogen and oxygen atoms in total. The number of nitrogens with zero attached hydrogens (tertiary/aromatic N) is 4. The van der Waals surface area contributed by atoms with Gasteiger partial charge < -0.3 is 9.47 Å². The van der Waals surface area contributed by atoms with Crippen LogP contribution in [0.25, 0.3) is 22.3 Å². The fourth-order valence-electron chi connectivity index (χ4n) is 3.88. The maximum Gasteiger partial charge on any atom is 0.211 e. The molecule has 152 valence electrons. The highest BCUT2D eigenvalue weighted by Crippen LogP contribution is 2.41. The third-order valence-electron chi connectivity index (χ3n) is 5.28. The van der Waals surface area contributed by atoms with Gasteiger partial charge in [-0.1, -0.05) is 12.1 Å². The zero-order valence-corrected chi connectivity index (χ0v) is 17.2. The van der Waals surface area contributed by atoms with Crippen molar-refractivity contribution in [1.29, 1.82) is 0 Å². The first-order chi connectivity index (χ1) is 13.8. The quantitative estimate of drug-likeness (QED) is 0.659. The van der Waals surface area contributed by atoms with E-state index < -0.39 is 10.0 Å². The van der Waals surface area contributed by atoms with Crippen LogP contribution in [0.3, 0.4) is 0 Å². The molecule has 3 heterocycles. The lowest BCUT2D eigenvalue weighted by molar-refractivity contribution is 0.386. The van der Waals surface area contributed by atoms with E-state index in [0.717, 1.165) is 28.1 Å². The molecule has 1 saturated heterocycles. The van der Waals surface area contributed by atoms with Crippen molar-refractivity contribution in [2.45, 2.75) is 0 Å². The summed E-state index contributed by atoms with van der Waals surface area (Å²) in [4.78, 5) is 6.34. The summed E-state index contributed by atoms with van der Waals surface area (Å²) < 4.78 is 40.8. The van der Waals surface area contributed by atoms with Crippen LogP contribution in [0.5, 0.6) is 0 Å². The predicted octanol–water partition coefficient (Wildman–Crippen LogP) is 2.97. The summed E-state index contributed by atoms with van der Waals surface area (Å²) in [5.41, 5.74) is 3.98. The zero-order chi connectivity index (χ0) is 20.6. The van der Waals surface area contributed by atoms with Crippen LogP contribution in [0.15, 0.2) is 55.0 Å². The molecule has 1 aliphatic heterocycles. The maximum atomic E-state index is 13.5. The first-order valence-electron chi connectivity index (χ1n) is 9.40. The molecule has 1 aromatic carbocycles. The van der Waals surface area contributed by atoms with Crippen molar-refractivity contribution >= 4 is 15.8 Å². The summed E-state index contributed by atoms with van der Waals surface area (Å²) in [6.45, 7) is 2.11. The van der Waals surface area contributed by atoms with Crippen molar-refractivity contribution in [2.75, 3.05) is 37.3 Å². The van der Waals surface area contributed by atoms with Crippen LogP contribution in [-0.2, 0) is 17.1 Å². The van der Waals surface area contributed by atoms with Crippen LogP contribution in [-0.4, -0.2) is 54.7 Å². The number of aryl methyl sites for hydroxylation is 1. The highest BCUT2D eigenvalue weighted by molar-refractivity contribution is 7.88. The average Bonchev–Trinajstić information content (AvgIpc) is 3.06. The second-order valence-corrected chi connectivity index (χ2v) is 9.23. The topological polar surface area (TPSA) is 58.4 Å². The van der Waals surface area contributed by atoms with E-state index in [1.165, 1.54) is 22.7 Å². The molecule has 0 atom stereocenters. The maximum absolute atomic E-state index is 13.5. The van der Waals surface area contributed by atoms with E-state index in [1.54, 1.807) is 24.5 Å². The Balaban J connectivity index is 1.79. The van der Waals surface area contributed by atoms with Crippen molar-refractivity contribution in [3.05, 3.63) is 60.8 Å². The number of halogens is 1. The third kappa shape index (κ3) is 3.90. The second kappa shape index (κ2) is 7.61. The summed E-state index contributed by atoms with van der Waals surface area (Å²) in [5.74, 6) is 0.746. The van der Waals surface area contributed by atoms with Gasteiger partial charge in [0.25, 0.3) is 0 Å². The van der Waals surface area contributed by atoms with Gasteiger partial charge in [0.05, 0.1) is 6.26 Å². The SMILES string of the molecule is Cn1cc(-c2ccc(F)cc2)c(-c2ccncc2)c1N1CCN(S(C)(=O)=O)CC1. The molecule has 1 aliphatic rings. The molecular weight excluding hydrogens is 391 g/mol. The van der Waals surface area contributed by atoms with Gasteiger partial charge in [0.15, 0.2) is 0 Å². The van der Waals surface area contributed by atoms with Gasteiger partial charge in [-0.05, 0) is 35.4 Å². The van der Waals surface area contributed by atoms with Gasteiger partial charge in [-0.25, -0.2) is 12.8 Å². The monoisotopic (exact) mass is 414 g/mol. The smallest absolute Gasteiger partial charge is 0.211 e. The molecule has 2 aromatic heterocycles. The van der Waals surface area contributed by atoms with Gasteiger partial charge >= 0.3 is 0 Å². The predicted molar refractivity (Wildman–Crippen MR) is 113 cm³/mol. The minimum atomic E-state index is -3.19. The summed E-state index contributed by atoms with van der Waals surface area (Å²) in [6, 6.07) is 10.4. The molecule has 0 bridgehead atoms. The van der Waals surface area contributed by atoms with Crippen molar-refractivity contribution in [3.8, 4) is 22.3 Å². The highest BCUT2D eigenvalue weighted by atomic mass is 32.2. The lowest BCUT2D eigenvalue weighted by Gasteiger charge is -2.35. The molecule has 0 aliphatic carbocycles. The molecule has 8 heteroatoms. The Morgan fingerprint density at radius 2 is 1.55 bits per heavy atom. The van der Waals surface area contributed by atoms with Crippen LogP contribution >= 0.6 is 0 Å². The fraction of sp³-hybridized carbons (Fsp3) is 0.286. The number of benzene rings is 1. The summed E-state index contributed by atoms with van der Waals surface area (Å²) >= 11 is 0. The third-order valence-corrected chi connectivity index (χ3v) is 6.58. The molecule has 4 rings (SSSR count). The van der Waals surface area contributed by atoms with E-state index in [9.17, 15) is 12.8 Å². The van der Waals surface area contributed by atoms with Crippen LogP contribution < -0.4 is 4.90 Å². The zero-order valence-electron chi connectivity index (χ0n) is 16.4. The number of sulfonamides is 1. The number of piperazine rings is 1. The number of hydrogen-bond donors (Lipinski definition) is 0. The van der Waals surface area contributed by atoms with Gasteiger partial charge in [-0.3, -0.25) is 4.98 Å². The Labute approximate surface area is 170 Å². The lowest BCUT2D eigenvalue weighted by atomic mass is 9.98. The van der Waals surface area contributed by atoms with Crippen molar-refractivity contribution in [1.82, 2.24) is 13.9 Å². The molecule has 29 heavy (non-hydrogen) atoms. The van der Waals surface area contributed by atoms with E-state index in [1.807, 2.05) is 25.4 Å². The Hall–Kier alpha value is -2.71. The Kier molecular flexibility index (Phi) is 5.14. The molecule has 3 aromatic rings. The Morgan fingerprint density at radius 1 is 0.931 bits per heavy atom. The lowest BCUT2D eigenvalue weighted by Crippen LogP contribution is -2.48. The largest absolute Gasteiger partial charge is 0.355 e. The Bertz CT molecular complexity index is 1100. The van der Waals surface area contributed by atoms with Gasteiger partial charge in [0, 0.05) is 62.9 Å². The van der Waals surface area contributed by atoms with E-state index in [2.05, 4.69) is 14.5 Å². The highest BCUT2D eigenvalue weighted by Gasteiger charge is 2.28. The van der Waals surface area contributed by atoms with Gasteiger partial charge in [0.1, 0.15) is 11.6 Å². The number of anilines is 1. The van der Waals surface area contributed by atoms with E-state index >= 15 is 0 Å². The molecule has 0 radical (unpaired) electrons.